The SMILES string of the molecule is COc1ccccc1C1CNCCN1Cc1cn(-c2ccncc2)nc1C.Cl. The highest BCUT2D eigenvalue weighted by molar-refractivity contribution is 5.85. The third-order valence-electron chi connectivity index (χ3n) is 5.15. The van der Waals surface area contributed by atoms with Crippen LogP contribution < -0.4 is 10.1 Å². The first-order chi connectivity index (χ1) is 13.3. The maximum atomic E-state index is 5.61. The summed E-state index contributed by atoms with van der Waals surface area (Å²) in [4.78, 5) is 6.59. The van der Waals surface area contributed by atoms with E-state index in [1.807, 2.05) is 28.9 Å². The van der Waals surface area contributed by atoms with E-state index in [-0.39, 0.29) is 18.4 Å². The van der Waals surface area contributed by atoms with Crippen molar-refractivity contribution < 1.29 is 4.74 Å². The van der Waals surface area contributed by atoms with Crippen molar-refractivity contribution in [3.8, 4) is 11.4 Å². The Kier molecular flexibility index (Phi) is 6.67. The molecular formula is C21H26ClN5O. The van der Waals surface area contributed by atoms with Gasteiger partial charge < -0.3 is 10.1 Å². The number of halogens is 1. The Balaban J connectivity index is 0.00000225. The molecule has 4 rings (SSSR count). The lowest BCUT2D eigenvalue weighted by Crippen LogP contribution is -2.45. The van der Waals surface area contributed by atoms with Crippen LogP contribution in [0.4, 0.5) is 0 Å². The molecule has 0 spiro atoms. The van der Waals surface area contributed by atoms with E-state index in [2.05, 4.69) is 40.5 Å². The number of benzene rings is 1. The number of methoxy groups -OCH3 is 1. The number of piperazine rings is 1. The molecular weight excluding hydrogens is 374 g/mol. The lowest BCUT2D eigenvalue weighted by Gasteiger charge is -2.37. The van der Waals surface area contributed by atoms with E-state index in [0.717, 1.165) is 43.3 Å². The predicted octanol–water partition coefficient (Wildman–Crippen LogP) is 3.15. The zero-order valence-corrected chi connectivity index (χ0v) is 17.0. The first-order valence-electron chi connectivity index (χ1n) is 9.29. The molecule has 3 heterocycles. The van der Waals surface area contributed by atoms with Gasteiger partial charge >= 0.3 is 0 Å². The van der Waals surface area contributed by atoms with E-state index in [1.54, 1.807) is 19.5 Å². The van der Waals surface area contributed by atoms with Gasteiger partial charge in [0.25, 0.3) is 0 Å². The Bertz CT molecular complexity index is 899. The average Bonchev–Trinajstić information content (AvgIpc) is 3.09. The third-order valence-corrected chi connectivity index (χ3v) is 5.15. The van der Waals surface area contributed by atoms with Crippen LogP contribution in [0.2, 0.25) is 0 Å². The molecule has 1 aromatic carbocycles. The summed E-state index contributed by atoms with van der Waals surface area (Å²) in [5.41, 5.74) is 4.56. The van der Waals surface area contributed by atoms with Crippen molar-refractivity contribution in [2.75, 3.05) is 26.7 Å². The number of nitrogens with zero attached hydrogens (tertiary/aromatic N) is 4. The average molecular weight is 400 g/mol. The first-order valence-corrected chi connectivity index (χ1v) is 9.29. The van der Waals surface area contributed by atoms with Crippen molar-refractivity contribution in [1.29, 1.82) is 0 Å². The molecule has 28 heavy (non-hydrogen) atoms. The van der Waals surface area contributed by atoms with Crippen molar-refractivity contribution >= 4 is 12.4 Å². The van der Waals surface area contributed by atoms with Crippen LogP contribution in [0.25, 0.3) is 5.69 Å². The normalized spacial score (nSPS) is 17.1. The smallest absolute Gasteiger partial charge is 0.123 e. The zero-order chi connectivity index (χ0) is 18.6. The number of aromatic nitrogens is 3. The highest BCUT2D eigenvalue weighted by Crippen LogP contribution is 2.31. The van der Waals surface area contributed by atoms with E-state index in [0.29, 0.717) is 0 Å². The van der Waals surface area contributed by atoms with Crippen LogP contribution >= 0.6 is 12.4 Å². The molecule has 0 aliphatic carbocycles. The minimum atomic E-state index is 0. The van der Waals surface area contributed by atoms with Crippen LogP contribution in [0.15, 0.2) is 55.0 Å². The fraction of sp³-hybridized carbons (Fsp3) is 0.333. The summed E-state index contributed by atoms with van der Waals surface area (Å²) in [5.74, 6) is 0.945. The molecule has 1 atom stereocenters. The Labute approximate surface area is 171 Å². The van der Waals surface area contributed by atoms with Gasteiger partial charge in [-0.25, -0.2) is 4.68 Å². The number of aryl methyl sites for hydroxylation is 1. The van der Waals surface area contributed by atoms with Crippen LogP contribution in [0.1, 0.15) is 22.9 Å². The van der Waals surface area contributed by atoms with Crippen LogP contribution in [0.5, 0.6) is 5.75 Å². The van der Waals surface area contributed by atoms with Crippen molar-refractivity contribution in [3.05, 3.63) is 71.8 Å². The predicted molar refractivity (Wildman–Crippen MR) is 112 cm³/mol. The molecule has 0 radical (unpaired) electrons. The second-order valence-corrected chi connectivity index (χ2v) is 6.82. The molecule has 148 valence electrons. The van der Waals surface area contributed by atoms with Gasteiger partial charge in [0.15, 0.2) is 0 Å². The lowest BCUT2D eigenvalue weighted by molar-refractivity contribution is 0.151. The molecule has 1 aliphatic rings. The monoisotopic (exact) mass is 399 g/mol. The number of rotatable bonds is 5. The lowest BCUT2D eigenvalue weighted by atomic mass is 10.0. The summed E-state index contributed by atoms with van der Waals surface area (Å²) < 4.78 is 7.54. The van der Waals surface area contributed by atoms with E-state index in [1.165, 1.54) is 11.1 Å². The Hall–Kier alpha value is -2.41. The molecule has 0 bridgehead atoms. The molecule has 1 aliphatic heterocycles. The largest absolute Gasteiger partial charge is 0.496 e. The van der Waals surface area contributed by atoms with Crippen LogP contribution in [0.3, 0.4) is 0 Å². The summed E-state index contributed by atoms with van der Waals surface area (Å²) in [6, 6.07) is 12.5. The molecule has 1 saturated heterocycles. The maximum Gasteiger partial charge on any atom is 0.123 e. The van der Waals surface area contributed by atoms with E-state index in [4.69, 9.17) is 9.84 Å². The van der Waals surface area contributed by atoms with Crippen molar-refractivity contribution in [3.63, 3.8) is 0 Å². The Morgan fingerprint density at radius 2 is 1.96 bits per heavy atom. The van der Waals surface area contributed by atoms with Crippen molar-refractivity contribution in [1.82, 2.24) is 25.0 Å². The second kappa shape index (κ2) is 9.19. The van der Waals surface area contributed by atoms with Crippen molar-refractivity contribution in [2.45, 2.75) is 19.5 Å². The highest BCUT2D eigenvalue weighted by Gasteiger charge is 2.27. The van der Waals surface area contributed by atoms with Gasteiger partial charge in [0, 0.05) is 55.9 Å². The maximum absolute atomic E-state index is 5.61. The number of nitrogens with one attached hydrogen (secondary N) is 1. The number of para-hydroxylation sites is 1. The Morgan fingerprint density at radius 3 is 2.75 bits per heavy atom. The van der Waals surface area contributed by atoms with Gasteiger partial charge in [-0.05, 0) is 25.1 Å². The van der Waals surface area contributed by atoms with Gasteiger partial charge in [0.2, 0.25) is 0 Å². The fourth-order valence-corrected chi connectivity index (χ4v) is 3.68. The summed E-state index contributed by atoms with van der Waals surface area (Å²) in [6.07, 6.45) is 5.71. The fourth-order valence-electron chi connectivity index (χ4n) is 3.68. The number of pyridine rings is 1. The van der Waals surface area contributed by atoms with E-state index in [9.17, 15) is 0 Å². The molecule has 7 heteroatoms. The van der Waals surface area contributed by atoms with Crippen LogP contribution in [0, 0.1) is 6.92 Å². The summed E-state index contributed by atoms with van der Waals surface area (Å²) in [7, 11) is 1.74. The molecule has 6 nitrogen and oxygen atoms in total. The Morgan fingerprint density at radius 1 is 1.18 bits per heavy atom. The quantitative estimate of drug-likeness (QED) is 0.714. The summed E-state index contributed by atoms with van der Waals surface area (Å²) >= 11 is 0. The molecule has 0 amide bonds. The second-order valence-electron chi connectivity index (χ2n) is 6.82. The van der Waals surface area contributed by atoms with Gasteiger partial charge in [0.05, 0.1) is 24.5 Å². The van der Waals surface area contributed by atoms with Crippen molar-refractivity contribution in [2.24, 2.45) is 0 Å². The molecule has 3 aromatic rings. The summed E-state index contributed by atoms with van der Waals surface area (Å²) in [6.45, 7) is 5.83. The topological polar surface area (TPSA) is 55.2 Å². The molecule has 1 fully saturated rings. The minimum absolute atomic E-state index is 0. The minimum Gasteiger partial charge on any atom is -0.496 e. The van der Waals surface area contributed by atoms with Gasteiger partial charge in [-0.3, -0.25) is 9.88 Å². The van der Waals surface area contributed by atoms with Crippen LogP contribution in [-0.2, 0) is 6.54 Å². The standard InChI is InChI=1S/C21H25N5O.ClH/c1-16-17(15-26(24-16)18-7-9-22-10-8-18)14-25-12-11-23-13-20(25)19-5-3-4-6-21(19)27-2;/h3-10,15,20,23H,11-14H2,1-2H3;1H. The number of hydrogen-bond acceptors (Lipinski definition) is 5. The molecule has 2 aromatic heterocycles. The van der Waals surface area contributed by atoms with E-state index >= 15 is 0 Å². The highest BCUT2D eigenvalue weighted by atomic mass is 35.5. The van der Waals surface area contributed by atoms with Crippen LogP contribution in [-0.4, -0.2) is 46.4 Å². The van der Waals surface area contributed by atoms with Gasteiger partial charge in [-0.15, -0.1) is 12.4 Å². The first kappa shape index (κ1) is 20.3. The third kappa shape index (κ3) is 4.19. The van der Waals surface area contributed by atoms with Gasteiger partial charge in [-0.1, -0.05) is 18.2 Å². The zero-order valence-electron chi connectivity index (χ0n) is 16.2. The van der Waals surface area contributed by atoms with Gasteiger partial charge in [0.1, 0.15) is 5.75 Å². The van der Waals surface area contributed by atoms with Gasteiger partial charge in [-0.2, -0.15) is 5.10 Å². The molecule has 0 saturated carbocycles. The van der Waals surface area contributed by atoms with E-state index < -0.39 is 0 Å². The molecule has 1 unspecified atom stereocenters. The summed E-state index contributed by atoms with van der Waals surface area (Å²) in [5, 5.41) is 8.22. The number of hydrogen-bond donors (Lipinski definition) is 1. The number of ether oxygens (including phenoxy) is 1. The molecule has 1 N–H and O–H groups in total.